The lowest BCUT2D eigenvalue weighted by Crippen LogP contribution is -2.24. The van der Waals surface area contributed by atoms with Crippen LogP contribution >= 0.6 is 11.3 Å². The predicted molar refractivity (Wildman–Crippen MR) is 135 cm³/mol. The van der Waals surface area contributed by atoms with Gasteiger partial charge in [0, 0.05) is 17.8 Å². The molecule has 186 valence electrons. The summed E-state index contributed by atoms with van der Waals surface area (Å²) in [5, 5.41) is 6.21. The molecule has 1 heterocycles. The average molecular weight is 502 g/mol. The topological polar surface area (TPSA) is 100 Å². The third-order valence-electron chi connectivity index (χ3n) is 5.27. The van der Waals surface area contributed by atoms with Crippen LogP contribution < -0.4 is 16.4 Å². The van der Waals surface area contributed by atoms with Crippen molar-refractivity contribution in [1.82, 2.24) is 15.2 Å². The summed E-state index contributed by atoms with van der Waals surface area (Å²) < 4.78 is 28.0. The van der Waals surface area contributed by atoms with Crippen molar-refractivity contribution in [3.8, 4) is 0 Å². The van der Waals surface area contributed by atoms with Crippen LogP contribution in [0.2, 0.25) is 0 Å². The van der Waals surface area contributed by atoms with Gasteiger partial charge >= 0.3 is 0 Å². The molecule has 0 saturated heterocycles. The number of unbranched alkanes of at least 4 members (excludes halogenated alkanes) is 3. The Balaban J connectivity index is 1.54. The van der Waals surface area contributed by atoms with Crippen LogP contribution in [0, 0.1) is 11.6 Å². The molecule has 0 spiro atoms. The first-order valence-electron chi connectivity index (χ1n) is 11.3. The number of carbonyl (C=O) groups is 2. The molecule has 3 rings (SSSR count). The molecule has 35 heavy (non-hydrogen) atoms. The van der Waals surface area contributed by atoms with E-state index in [-0.39, 0.29) is 21.7 Å². The van der Waals surface area contributed by atoms with Gasteiger partial charge in [0.1, 0.15) is 22.3 Å². The van der Waals surface area contributed by atoms with E-state index in [1.165, 1.54) is 6.07 Å². The number of amides is 1. The summed E-state index contributed by atoms with van der Waals surface area (Å²) in [5.74, 6) is -3.06. The number of nitrogen functional groups attached to an aromatic ring is 1. The number of carbonyl (C=O) groups excluding carboxylic acids is 2. The quantitative estimate of drug-likeness (QED) is 0.243. The lowest BCUT2D eigenvalue weighted by atomic mass is 10.1. The van der Waals surface area contributed by atoms with E-state index in [2.05, 4.69) is 34.6 Å². The SMILES string of the molecule is CN(C)CCCCCCNC(=O)c1ccc(Nc2nc(N)c(C(=O)c3c(F)cccc3F)s2)cc1. The molecular formula is C25H29F2N5O2S. The second-order valence-electron chi connectivity index (χ2n) is 8.33. The number of hydrogen-bond acceptors (Lipinski definition) is 7. The molecule has 0 aliphatic heterocycles. The zero-order valence-electron chi connectivity index (χ0n) is 19.7. The van der Waals surface area contributed by atoms with Crippen molar-refractivity contribution in [3.05, 3.63) is 70.1 Å². The number of nitrogens with one attached hydrogen (secondary N) is 2. The van der Waals surface area contributed by atoms with Crippen LogP contribution in [0.1, 0.15) is 51.3 Å². The summed E-state index contributed by atoms with van der Waals surface area (Å²) >= 11 is 0.894. The first-order chi connectivity index (χ1) is 16.8. The molecular weight excluding hydrogens is 472 g/mol. The molecule has 0 saturated carbocycles. The summed E-state index contributed by atoms with van der Waals surface area (Å²) in [4.78, 5) is 31.1. The number of anilines is 3. The number of nitrogens with zero attached hydrogens (tertiary/aromatic N) is 2. The maximum atomic E-state index is 14.0. The van der Waals surface area contributed by atoms with E-state index in [0.29, 0.717) is 17.8 Å². The van der Waals surface area contributed by atoms with Crippen molar-refractivity contribution in [2.45, 2.75) is 25.7 Å². The maximum absolute atomic E-state index is 14.0. The second kappa shape index (κ2) is 12.4. The van der Waals surface area contributed by atoms with Gasteiger partial charge in [-0.05, 0) is 69.9 Å². The molecule has 2 aromatic carbocycles. The number of ketones is 1. The molecule has 10 heteroatoms. The normalized spacial score (nSPS) is 11.0. The number of halogens is 2. The van der Waals surface area contributed by atoms with E-state index in [4.69, 9.17) is 5.73 Å². The average Bonchev–Trinajstić information content (AvgIpc) is 3.18. The minimum Gasteiger partial charge on any atom is -0.382 e. The lowest BCUT2D eigenvalue weighted by Gasteiger charge is -2.09. The van der Waals surface area contributed by atoms with Gasteiger partial charge in [0.15, 0.2) is 5.13 Å². The van der Waals surface area contributed by atoms with E-state index in [1.807, 2.05) is 0 Å². The van der Waals surface area contributed by atoms with Gasteiger partial charge in [-0.15, -0.1) is 0 Å². The van der Waals surface area contributed by atoms with Gasteiger partial charge in [-0.1, -0.05) is 30.2 Å². The summed E-state index contributed by atoms with van der Waals surface area (Å²) in [6, 6.07) is 9.95. The van der Waals surface area contributed by atoms with Gasteiger partial charge in [-0.3, -0.25) is 9.59 Å². The zero-order valence-corrected chi connectivity index (χ0v) is 20.6. The van der Waals surface area contributed by atoms with Crippen molar-refractivity contribution in [2.75, 3.05) is 38.2 Å². The Kier molecular flexibility index (Phi) is 9.27. The third kappa shape index (κ3) is 7.30. The fourth-order valence-electron chi connectivity index (χ4n) is 3.42. The van der Waals surface area contributed by atoms with Crippen LogP contribution in [0.25, 0.3) is 0 Å². The highest BCUT2D eigenvalue weighted by Gasteiger charge is 2.24. The Morgan fingerprint density at radius 2 is 1.66 bits per heavy atom. The second-order valence-corrected chi connectivity index (χ2v) is 9.33. The van der Waals surface area contributed by atoms with Crippen molar-refractivity contribution < 1.29 is 18.4 Å². The van der Waals surface area contributed by atoms with Crippen LogP contribution in [0.5, 0.6) is 0 Å². The Morgan fingerprint density at radius 3 is 2.31 bits per heavy atom. The Morgan fingerprint density at radius 1 is 1.00 bits per heavy atom. The monoisotopic (exact) mass is 501 g/mol. The highest BCUT2D eigenvalue weighted by Crippen LogP contribution is 2.31. The van der Waals surface area contributed by atoms with Crippen molar-refractivity contribution in [3.63, 3.8) is 0 Å². The molecule has 1 aromatic heterocycles. The minimum absolute atomic E-state index is 0.0609. The number of nitrogens with two attached hydrogens (primary N) is 1. The van der Waals surface area contributed by atoms with Crippen LogP contribution in [-0.2, 0) is 0 Å². The molecule has 3 aromatic rings. The first-order valence-corrected chi connectivity index (χ1v) is 12.1. The van der Waals surface area contributed by atoms with Crippen LogP contribution in [0.4, 0.5) is 25.4 Å². The first kappa shape index (κ1) is 26.2. The number of aromatic nitrogens is 1. The molecule has 1 amide bonds. The number of thiazole rings is 1. The van der Waals surface area contributed by atoms with Gasteiger partial charge in [0.2, 0.25) is 5.78 Å². The van der Waals surface area contributed by atoms with Gasteiger partial charge in [-0.2, -0.15) is 0 Å². The van der Waals surface area contributed by atoms with Gasteiger partial charge in [0.05, 0.1) is 5.56 Å². The van der Waals surface area contributed by atoms with E-state index < -0.39 is 23.0 Å². The molecule has 0 bridgehead atoms. The van der Waals surface area contributed by atoms with Crippen LogP contribution in [0.15, 0.2) is 42.5 Å². The van der Waals surface area contributed by atoms with Gasteiger partial charge in [-0.25, -0.2) is 13.8 Å². The Hall–Kier alpha value is -3.37. The summed E-state index contributed by atoms with van der Waals surface area (Å²) in [6.07, 6.45) is 4.29. The van der Waals surface area contributed by atoms with E-state index in [0.717, 1.165) is 55.7 Å². The van der Waals surface area contributed by atoms with Crippen molar-refractivity contribution >= 4 is 39.7 Å². The third-order valence-corrected chi connectivity index (χ3v) is 6.25. The van der Waals surface area contributed by atoms with Crippen molar-refractivity contribution in [1.29, 1.82) is 0 Å². The number of hydrogen-bond donors (Lipinski definition) is 3. The fraction of sp³-hybridized carbons (Fsp3) is 0.320. The Labute approximate surface area is 207 Å². The molecule has 0 unspecified atom stereocenters. The highest BCUT2D eigenvalue weighted by atomic mass is 32.1. The highest BCUT2D eigenvalue weighted by molar-refractivity contribution is 7.18. The molecule has 0 aliphatic carbocycles. The zero-order chi connectivity index (χ0) is 25.4. The summed E-state index contributed by atoms with van der Waals surface area (Å²) in [6.45, 7) is 1.70. The molecule has 7 nitrogen and oxygen atoms in total. The number of rotatable bonds is 12. The standard InChI is InChI=1S/C25H29F2N5O2S/c1-32(2)15-6-4-3-5-14-29-24(34)16-10-12-17(13-11-16)30-25-31-23(28)22(35-25)21(33)20-18(26)8-7-9-19(20)27/h7-13H,3-6,14-15,28H2,1-2H3,(H,29,34)(H,30,31). The maximum Gasteiger partial charge on any atom is 0.251 e. The predicted octanol–water partition coefficient (Wildman–Crippen LogP) is 4.83. The van der Waals surface area contributed by atoms with E-state index in [1.54, 1.807) is 24.3 Å². The summed E-state index contributed by atoms with van der Waals surface area (Å²) in [7, 11) is 4.12. The number of benzene rings is 2. The van der Waals surface area contributed by atoms with E-state index >= 15 is 0 Å². The molecule has 4 N–H and O–H groups in total. The van der Waals surface area contributed by atoms with E-state index in [9.17, 15) is 18.4 Å². The largest absolute Gasteiger partial charge is 0.382 e. The fourth-order valence-corrected chi connectivity index (χ4v) is 4.27. The lowest BCUT2D eigenvalue weighted by molar-refractivity contribution is 0.0952. The van der Waals surface area contributed by atoms with Gasteiger partial charge < -0.3 is 21.3 Å². The van der Waals surface area contributed by atoms with Crippen LogP contribution in [0.3, 0.4) is 0 Å². The molecule has 0 fully saturated rings. The summed E-state index contributed by atoms with van der Waals surface area (Å²) in [5.41, 5.74) is 6.30. The smallest absolute Gasteiger partial charge is 0.251 e. The van der Waals surface area contributed by atoms with Crippen LogP contribution in [-0.4, -0.2) is 48.8 Å². The molecule has 0 radical (unpaired) electrons. The van der Waals surface area contributed by atoms with Gasteiger partial charge in [0.25, 0.3) is 5.91 Å². The molecule has 0 aliphatic rings. The van der Waals surface area contributed by atoms with Crippen molar-refractivity contribution in [2.24, 2.45) is 0 Å². The Bertz CT molecular complexity index is 1140. The molecule has 0 atom stereocenters. The minimum atomic E-state index is -0.962.